The number of para-hydroxylation sites is 1. The van der Waals surface area contributed by atoms with E-state index in [1.165, 1.54) is 32.1 Å². The van der Waals surface area contributed by atoms with Gasteiger partial charge in [0.1, 0.15) is 5.75 Å². The Labute approximate surface area is 117 Å². The molecule has 0 saturated heterocycles. The van der Waals surface area contributed by atoms with Gasteiger partial charge in [-0.15, -0.1) is 12.4 Å². The topological polar surface area (TPSA) is 46.2 Å². The van der Waals surface area contributed by atoms with Crippen LogP contribution in [-0.2, 0) is 0 Å². The van der Waals surface area contributed by atoms with E-state index in [-0.39, 0.29) is 18.4 Å². The van der Waals surface area contributed by atoms with Crippen molar-refractivity contribution in [3.63, 3.8) is 0 Å². The number of benzene rings is 1. The Hall–Kier alpha value is -0.250. The number of halogens is 2. The van der Waals surface area contributed by atoms with E-state index in [0.29, 0.717) is 11.7 Å². The van der Waals surface area contributed by atoms with Crippen LogP contribution in [-0.4, -0.2) is 5.11 Å². The third kappa shape index (κ3) is 3.36. The molecule has 4 heteroatoms. The first-order valence-electron chi connectivity index (χ1n) is 5.93. The lowest BCUT2D eigenvalue weighted by Gasteiger charge is -2.28. The molecule has 2 nitrogen and oxygen atoms in total. The first kappa shape index (κ1) is 14.8. The van der Waals surface area contributed by atoms with Crippen molar-refractivity contribution in [3.05, 3.63) is 28.2 Å². The third-order valence-electron chi connectivity index (χ3n) is 3.53. The van der Waals surface area contributed by atoms with E-state index >= 15 is 0 Å². The van der Waals surface area contributed by atoms with Gasteiger partial charge >= 0.3 is 0 Å². The number of phenolic OH excluding ortho intramolecular Hbond substituents is 1. The number of hydrogen-bond donors (Lipinski definition) is 2. The maximum absolute atomic E-state index is 9.97. The number of nitrogens with two attached hydrogens (primary N) is 1. The minimum Gasteiger partial charge on any atom is -0.506 e. The van der Waals surface area contributed by atoms with Crippen LogP contribution in [0.15, 0.2) is 22.7 Å². The zero-order chi connectivity index (χ0) is 11.5. The average Bonchev–Trinajstić information content (AvgIpc) is 2.33. The molecule has 0 aliphatic heterocycles. The summed E-state index contributed by atoms with van der Waals surface area (Å²) in [6.07, 6.45) is 6.24. The smallest absolute Gasteiger partial charge is 0.134 e. The second kappa shape index (κ2) is 6.62. The van der Waals surface area contributed by atoms with Gasteiger partial charge in [0.15, 0.2) is 0 Å². The van der Waals surface area contributed by atoms with Crippen LogP contribution in [0, 0.1) is 5.92 Å². The molecule has 2 rings (SSSR count). The van der Waals surface area contributed by atoms with Crippen LogP contribution in [0.1, 0.15) is 43.7 Å². The van der Waals surface area contributed by atoms with Gasteiger partial charge in [-0.3, -0.25) is 0 Å². The third-order valence-corrected chi connectivity index (χ3v) is 4.17. The molecule has 0 bridgehead atoms. The van der Waals surface area contributed by atoms with E-state index in [4.69, 9.17) is 5.73 Å². The Bertz CT molecular complexity index is 366. The van der Waals surface area contributed by atoms with Gasteiger partial charge in [0, 0.05) is 11.6 Å². The van der Waals surface area contributed by atoms with Crippen molar-refractivity contribution in [2.45, 2.75) is 38.1 Å². The van der Waals surface area contributed by atoms with Crippen molar-refractivity contribution >= 4 is 28.3 Å². The number of phenols is 1. The highest BCUT2D eigenvalue weighted by atomic mass is 79.9. The fourth-order valence-corrected chi connectivity index (χ4v) is 2.93. The monoisotopic (exact) mass is 319 g/mol. The van der Waals surface area contributed by atoms with E-state index in [0.717, 1.165) is 10.0 Å². The van der Waals surface area contributed by atoms with Crippen LogP contribution in [0.5, 0.6) is 5.75 Å². The van der Waals surface area contributed by atoms with E-state index < -0.39 is 0 Å². The predicted octanol–water partition coefficient (Wildman–Crippen LogP) is 4.16. The lowest BCUT2D eigenvalue weighted by molar-refractivity contribution is 0.303. The largest absolute Gasteiger partial charge is 0.506 e. The molecular formula is C13H19BrClNO. The van der Waals surface area contributed by atoms with E-state index in [9.17, 15) is 5.11 Å². The maximum atomic E-state index is 9.97. The van der Waals surface area contributed by atoms with Crippen molar-refractivity contribution < 1.29 is 5.11 Å². The highest BCUT2D eigenvalue weighted by molar-refractivity contribution is 9.10. The van der Waals surface area contributed by atoms with Crippen molar-refractivity contribution in [3.8, 4) is 5.75 Å². The zero-order valence-electron chi connectivity index (χ0n) is 9.73. The Morgan fingerprint density at radius 1 is 1.24 bits per heavy atom. The van der Waals surface area contributed by atoms with Gasteiger partial charge in [0.2, 0.25) is 0 Å². The summed E-state index contributed by atoms with van der Waals surface area (Å²) < 4.78 is 0.733. The molecule has 0 heterocycles. The van der Waals surface area contributed by atoms with Gasteiger partial charge in [-0.25, -0.2) is 0 Å². The van der Waals surface area contributed by atoms with Crippen molar-refractivity contribution in [1.82, 2.24) is 0 Å². The highest BCUT2D eigenvalue weighted by Gasteiger charge is 2.24. The van der Waals surface area contributed by atoms with E-state index in [1.54, 1.807) is 0 Å². The van der Waals surface area contributed by atoms with Crippen LogP contribution in [0.3, 0.4) is 0 Å². The Kier molecular flexibility index (Phi) is 5.77. The molecule has 0 aromatic heterocycles. The average molecular weight is 321 g/mol. The normalized spacial score (nSPS) is 18.5. The maximum Gasteiger partial charge on any atom is 0.134 e. The molecule has 1 atom stereocenters. The molecule has 0 radical (unpaired) electrons. The molecule has 0 spiro atoms. The fraction of sp³-hybridized carbons (Fsp3) is 0.538. The molecule has 1 saturated carbocycles. The van der Waals surface area contributed by atoms with Crippen LogP contribution in [0.25, 0.3) is 0 Å². The van der Waals surface area contributed by atoms with Crippen molar-refractivity contribution in [2.24, 2.45) is 11.7 Å². The molecule has 1 fully saturated rings. The summed E-state index contributed by atoms with van der Waals surface area (Å²) in [5, 5.41) is 9.97. The second-order valence-corrected chi connectivity index (χ2v) is 5.46. The molecule has 1 aliphatic carbocycles. The molecule has 1 aromatic rings. The summed E-state index contributed by atoms with van der Waals surface area (Å²) in [7, 11) is 0. The summed E-state index contributed by atoms with van der Waals surface area (Å²) in [6.45, 7) is 0. The second-order valence-electron chi connectivity index (χ2n) is 4.60. The van der Waals surface area contributed by atoms with Gasteiger partial charge in [-0.2, -0.15) is 0 Å². The minimum atomic E-state index is -0.0298. The first-order chi connectivity index (χ1) is 7.70. The SMILES string of the molecule is Cl.N[C@H](c1cccc(Br)c1O)C1CCCCC1. The van der Waals surface area contributed by atoms with Crippen LogP contribution in [0.4, 0.5) is 0 Å². The Morgan fingerprint density at radius 2 is 1.88 bits per heavy atom. The summed E-state index contributed by atoms with van der Waals surface area (Å²) in [4.78, 5) is 0. The molecule has 0 unspecified atom stereocenters. The van der Waals surface area contributed by atoms with E-state index in [2.05, 4.69) is 15.9 Å². The number of rotatable bonds is 2. The lowest BCUT2D eigenvalue weighted by Crippen LogP contribution is -2.23. The summed E-state index contributed by atoms with van der Waals surface area (Å²) in [6, 6.07) is 5.67. The highest BCUT2D eigenvalue weighted by Crippen LogP contribution is 2.38. The molecule has 1 aliphatic rings. The molecule has 3 N–H and O–H groups in total. The van der Waals surface area contributed by atoms with E-state index in [1.807, 2.05) is 18.2 Å². The van der Waals surface area contributed by atoms with Gasteiger partial charge in [0.25, 0.3) is 0 Å². The summed E-state index contributed by atoms with van der Waals surface area (Å²) in [5.41, 5.74) is 7.13. The number of hydrogen-bond acceptors (Lipinski definition) is 2. The van der Waals surface area contributed by atoms with Crippen molar-refractivity contribution in [2.75, 3.05) is 0 Å². The zero-order valence-corrected chi connectivity index (χ0v) is 12.1. The van der Waals surface area contributed by atoms with Crippen LogP contribution < -0.4 is 5.73 Å². The molecule has 17 heavy (non-hydrogen) atoms. The summed E-state index contributed by atoms with van der Waals surface area (Å²) in [5.74, 6) is 0.828. The minimum absolute atomic E-state index is 0. The summed E-state index contributed by atoms with van der Waals surface area (Å²) >= 11 is 3.33. The van der Waals surface area contributed by atoms with Gasteiger partial charge in [-0.05, 0) is 40.8 Å². The standard InChI is InChI=1S/C13H18BrNO.ClH/c14-11-8-4-7-10(13(11)16)12(15)9-5-2-1-3-6-9;/h4,7-9,12,16H,1-3,5-6,15H2;1H/t12-;/m0./s1. The van der Waals surface area contributed by atoms with Gasteiger partial charge < -0.3 is 10.8 Å². The molecule has 1 aromatic carbocycles. The number of aromatic hydroxyl groups is 1. The molecule has 96 valence electrons. The van der Waals surface area contributed by atoms with Gasteiger partial charge in [0.05, 0.1) is 4.47 Å². The fourth-order valence-electron chi connectivity index (χ4n) is 2.55. The Morgan fingerprint density at radius 3 is 2.53 bits per heavy atom. The van der Waals surface area contributed by atoms with Gasteiger partial charge in [-0.1, -0.05) is 31.4 Å². The molecular weight excluding hydrogens is 302 g/mol. The lowest BCUT2D eigenvalue weighted by atomic mass is 9.81. The molecule has 0 amide bonds. The van der Waals surface area contributed by atoms with Crippen molar-refractivity contribution in [1.29, 1.82) is 0 Å². The predicted molar refractivity (Wildman–Crippen MR) is 76.6 cm³/mol. The van der Waals surface area contributed by atoms with Crippen LogP contribution >= 0.6 is 28.3 Å². The van der Waals surface area contributed by atoms with Crippen LogP contribution in [0.2, 0.25) is 0 Å². The Balaban J connectivity index is 0.00000144. The quantitative estimate of drug-likeness (QED) is 0.859. The first-order valence-corrected chi connectivity index (χ1v) is 6.72.